The molecule has 0 atom stereocenters. The molecular weight excluding hydrogens is 266 g/mol. The smallest absolute Gasteiger partial charge is 0.350 e. The number of rotatable bonds is 2. The van der Waals surface area contributed by atoms with Gasteiger partial charge in [0, 0.05) is 23.1 Å². The summed E-state index contributed by atoms with van der Waals surface area (Å²) in [6, 6.07) is 5.17. The molecule has 0 amide bonds. The molecule has 3 aromatic rings. The lowest BCUT2D eigenvalue weighted by molar-refractivity contribution is 0.660. The van der Waals surface area contributed by atoms with Crippen molar-refractivity contribution in [3.8, 4) is 0 Å². The molecule has 2 aromatic heterocycles. The van der Waals surface area contributed by atoms with E-state index in [9.17, 15) is 4.79 Å². The van der Waals surface area contributed by atoms with E-state index in [1.54, 1.807) is 24.4 Å². The van der Waals surface area contributed by atoms with Gasteiger partial charge in [-0.2, -0.15) is 0 Å². The lowest BCUT2D eigenvalue weighted by Gasteiger charge is -2.04. The molecule has 0 saturated carbocycles. The van der Waals surface area contributed by atoms with Gasteiger partial charge in [-0.25, -0.2) is 13.9 Å². The Kier molecular flexibility index (Phi) is 2.72. The van der Waals surface area contributed by atoms with Gasteiger partial charge in [0.2, 0.25) is 0 Å². The van der Waals surface area contributed by atoms with E-state index in [4.69, 9.17) is 17.3 Å². The average molecular weight is 276 g/mol. The highest BCUT2D eigenvalue weighted by molar-refractivity contribution is 6.30. The Labute approximate surface area is 113 Å². The number of nitrogen functional groups attached to an aromatic ring is 1. The van der Waals surface area contributed by atoms with Crippen LogP contribution in [0.3, 0.4) is 0 Å². The molecule has 0 aliphatic carbocycles. The SMILES string of the molecule is Nc1cc(Cl)ccc1Cn1nc2cnccn2c1=O. The van der Waals surface area contributed by atoms with Gasteiger partial charge in [-0.3, -0.25) is 4.98 Å². The van der Waals surface area contributed by atoms with Crippen LogP contribution in [-0.4, -0.2) is 19.2 Å². The van der Waals surface area contributed by atoms with Crippen LogP contribution >= 0.6 is 11.6 Å². The number of hydrogen-bond donors (Lipinski definition) is 1. The quantitative estimate of drug-likeness (QED) is 0.712. The zero-order chi connectivity index (χ0) is 13.4. The molecule has 6 nitrogen and oxygen atoms in total. The molecule has 0 aliphatic rings. The predicted molar refractivity (Wildman–Crippen MR) is 72.2 cm³/mol. The second-order valence-corrected chi connectivity index (χ2v) is 4.52. The molecule has 1 aromatic carbocycles. The Balaban J connectivity index is 2.06. The molecule has 7 heteroatoms. The van der Waals surface area contributed by atoms with Crippen LogP contribution in [0.1, 0.15) is 5.56 Å². The van der Waals surface area contributed by atoms with E-state index < -0.39 is 0 Å². The van der Waals surface area contributed by atoms with E-state index in [0.29, 0.717) is 22.9 Å². The fourth-order valence-corrected chi connectivity index (χ4v) is 2.03. The van der Waals surface area contributed by atoms with Crippen LogP contribution < -0.4 is 11.4 Å². The van der Waals surface area contributed by atoms with Crippen LogP contribution in [0.15, 0.2) is 41.6 Å². The van der Waals surface area contributed by atoms with Crippen molar-refractivity contribution in [2.75, 3.05) is 5.73 Å². The van der Waals surface area contributed by atoms with Crippen LogP contribution in [0.2, 0.25) is 5.02 Å². The summed E-state index contributed by atoms with van der Waals surface area (Å²) in [6.45, 7) is 0.295. The molecule has 0 aliphatic heterocycles. The van der Waals surface area contributed by atoms with E-state index in [-0.39, 0.29) is 5.69 Å². The van der Waals surface area contributed by atoms with Gasteiger partial charge in [0.25, 0.3) is 0 Å². The van der Waals surface area contributed by atoms with Gasteiger partial charge in [-0.05, 0) is 17.7 Å². The molecule has 0 saturated heterocycles. The highest BCUT2D eigenvalue weighted by atomic mass is 35.5. The minimum atomic E-state index is -0.230. The number of halogens is 1. The predicted octanol–water partition coefficient (Wildman–Crippen LogP) is 1.17. The third-order valence-electron chi connectivity index (χ3n) is 2.82. The van der Waals surface area contributed by atoms with Crippen LogP contribution in [0.4, 0.5) is 5.69 Å². The zero-order valence-corrected chi connectivity index (χ0v) is 10.6. The van der Waals surface area contributed by atoms with Crippen molar-refractivity contribution in [3.05, 3.63) is 57.9 Å². The Morgan fingerprint density at radius 1 is 1.37 bits per heavy atom. The van der Waals surface area contributed by atoms with Crippen LogP contribution in [0.25, 0.3) is 5.65 Å². The van der Waals surface area contributed by atoms with Crippen LogP contribution in [0.5, 0.6) is 0 Å². The minimum absolute atomic E-state index is 0.230. The van der Waals surface area contributed by atoms with Crippen molar-refractivity contribution >= 4 is 22.9 Å². The molecule has 3 rings (SSSR count). The number of fused-ring (bicyclic) bond motifs is 1. The number of nitrogens with zero attached hydrogens (tertiary/aromatic N) is 4. The molecule has 96 valence electrons. The van der Waals surface area contributed by atoms with Crippen molar-refractivity contribution < 1.29 is 0 Å². The Bertz CT molecular complexity index is 807. The lowest BCUT2D eigenvalue weighted by atomic mass is 10.2. The molecule has 2 N–H and O–H groups in total. The molecular formula is C12H10ClN5O. The zero-order valence-electron chi connectivity index (χ0n) is 9.82. The Hall–Kier alpha value is -2.34. The maximum atomic E-state index is 12.1. The van der Waals surface area contributed by atoms with Gasteiger partial charge in [0.1, 0.15) is 0 Å². The molecule has 0 bridgehead atoms. The molecule has 0 unspecified atom stereocenters. The fourth-order valence-electron chi connectivity index (χ4n) is 1.85. The van der Waals surface area contributed by atoms with Crippen molar-refractivity contribution in [1.29, 1.82) is 0 Å². The van der Waals surface area contributed by atoms with Gasteiger partial charge in [-0.15, -0.1) is 5.10 Å². The minimum Gasteiger partial charge on any atom is -0.398 e. The fraction of sp³-hybridized carbons (Fsp3) is 0.0833. The van der Waals surface area contributed by atoms with Gasteiger partial charge < -0.3 is 5.73 Å². The summed E-state index contributed by atoms with van der Waals surface area (Å²) in [6.07, 6.45) is 4.65. The summed E-state index contributed by atoms with van der Waals surface area (Å²) in [5, 5.41) is 4.75. The summed E-state index contributed by atoms with van der Waals surface area (Å²) < 4.78 is 2.77. The summed E-state index contributed by atoms with van der Waals surface area (Å²) in [4.78, 5) is 16.0. The number of hydrogen-bond acceptors (Lipinski definition) is 4. The van der Waals surface area contributed by atoms with Gasteiger partial charge in [0.05, 0.1) is 12.7 Å². The van der Waals surface area contributed by atoms with Crippen molar-refractivity contribution in [2.45, 2.75) is 6.54 Å². The number of aromatic nitrogens is 4. The molecule has 0 fully saturated rings. The number of anilines is 1. The van der Waals surface area contributed by atoms with Gasteiger partial charge in [-0.1, -0.05) is 17.7 Å². The maximum Gasteiger partial charge on any atom is 0.350 e. The number of benzene rings is 1. The Morgan fingerprint density at radius 2 is 2.21 bits per heavy atom. The summed E-state index contributed by atoms with van der Waals surface area (Å²) in [7, 11) is 0. The first-order valence-electron chi connectivity index (χ1n) is 5.58. The highest BCUT2D eigenvalue weighted by Gasteiger charge is 2.08. The maximum absolute atomic E-state index is 12.1. The Morgan fingerprint density at radius 3 is 2.95 bits per heavy atom. The van der Waals surface area contributed by atoms with Gasteiger partial charge in [0.15, 0.2) is 5.65 Å². The van der Waals surface area contributed by atoms with E-state index in [1.165, 1.54) is 21.5 Å². The third kappa shape index (κ3) is 2.06. The first-order chi connectivity index (χ1) is 9.15. The first kappa shape index (κ1) is 11.7. The lowest BCUT2D eigenvalue weighted by Crippen LogP contribution is -2.22. The normalized spacial score (nSPS) is 11.0. The summed E-state index contributed by atoms with van der Waals surface area (Å²) in [5.74, 6) is 0. The van der Waals surface area contributed by atoms with Crippen LogP contribution in [-0.2, 0) is 6.54 Å². The van der Waals surface area contributed by atoms with Crippen molar-refractivity contribution in [2.24, 2.45) is 0 Å². The van der Waals surface area contributed by atoms with E-state index in [1.807, 2.05) is 0 Å². The average Bonchev–Trinajstić information content (AvgIpc) is 2.70. The second kappa shape index (κ2) is 4.40. The standard InChI is InChI=1S/C12H10ClN5O/c13-9-2-1-8(10(14)5-9)7-18-12(19)17-4-3-15-6-11(17)16-18/h1-6H,7,14H2. The third-order valence-corrected chi connectivity index (χ3v) is 3.05. The topological polar surface area (TPSA) is 78.2 Å². The van der Waals surface area contributed by atoms with Crippen molar-refractivity contribution in [3.63, 3.8) is 0 Å². The monoisotopic (exact) mass is 275 g/mol. The first-order valence-corrected chi connectivity index (χ1v) is 5.96. The van der Waals surface area contributed by atoms with Crippen molar-refractivity contribution in [1.82, 2.24) is 19.2 Å². The molecule has 2 heterocycles. The van der Waals surface area contributed by atoms with E-state index >= 15 is 0 Å². The highest BCUT2D eigenvalue weighted by Crippen LogP contribution is 2.18. The summed E-state index contributed by atoms with van der Waals surface area (Å²) >= 11 is 5.84. The molecule has 0 radical (unpaired) electrons. The molecule has 19 heavy (non-hydrogen) atoms. The van der Waals surface area contributed by atoms with E-state index in [2.05, 4.69) is 10.1 Å². The largest absolute Gasteiger partial charge is 0.398 e. The molecule has 0 spiro atoms. The second-order valence-electron chi connectivity index (χ2n) is 4.09. The van der Waals surface area contributed by atoms with Gasteiger partial charge >= 0.3 is 5.69 Å². The van der Waals surface area contributed by atoms with E-state index in [0.717, 1.165) is 5.56 Å². The van der Waals surface area contributed by atoms with Crippen LogP contribution in [0, 0.1) is 0 Å². The number of nitrogens with two attached hydrogens (primary N) is 1. The summed E-state index contributed by atoms with van der Waals surface area (Å²) in [5.41, 5.74) is 7.47.